The Morgan fingerprint density at radius 2 is 1.86 bits per heavy atom. The van der Waals surface area contributed by atoms with Gasteiger partial charge < -0.3 is 24.8 Å². The lowest BCUT2D eigenvalue weighted by molar-refractivity contribution is 0.143. The van der Waals surface area contributed by atoms with Crippen molar-refractivity contribution in [2.75, 3.05) is 34.5 Å². The molecule has 0 unspecified atom stereocenters. The van der Waals surface area contributed by atoms with E-state index < -0.39 is 0 Å². The number of hydrogen-bond donors (Lipinski definition) is 2. The lowest BCUT2D eigenvalue weighted by Crippen LogP contribution is -2.36. The van der Waals surface area contributed by atoms with Crippen molar-refractivity contribution in [2.45, 2.75) is 20.0 Å². The molecule has 0 spiro atoms. The normalized spacial score (nSPS) is 10.8. The van der Waals surface area contributed by atoms with Crippen LogP contribution in [0.2, 0.25) is 0 Å². The van der Waals surface area contributed by atoms with Gasteiger partial charge in [0, 0.05) is 45.1 Å². The minimum absolute atomic E-state index is 0. The van der Waals surface area contributed by atoms with Gasteiger partial charge in [-0.05, 0) is 24.1 Å². The number of methoxy groups -OCH3 is 2. The van der Waals surface area contributed by atoms with Crippen LogP contribution in [0.4, 0.5) is 0 Å². The van der Waals surface area contributed by atoms with Crippen molar-refractivity contribution in [1.29, 1.82) is 0 Å². The summed E-state index contributed by atoms with van der Waals surface area (Å²) in [6.07, 6.45) is 1.78. The van der Waals surface area contributed by atoms with Gasteiger partial charge in [-0.1, -0.05) is 18.2 Å². The number of ether oxygens (including phenoxy) is 3. The Morgan fingerprint density at radius 3 is 2.50 bits per heavy atom. The van der Waals surface area contributed by atoms with Crippen molar-refractivity contribution >= 4 is 29.9 Å². The monoisotopic (exact) mass is 500 g/mol. The number of halogens is 1. The summed E-state index contributed by atoms with van der Waals surface area (Å²) >= 11 is 0. The molecule has 1 aromatic heterocycles. The molecule has 0 aliphatic rings. The Bertz CT molecular complexity index is 739. The van der Waals surface area contributed by atoms with Crippen molar-refractivity contribution in [1.82, 2.24) is 15.6 Å². The predicted molar refractivity (Wildman–Crippen MR) is 122 cm³/mol. The van der Waals surface area contributed by atoms with Gasteiger partial charge in [-0.15, -0.1) is 24.0 Å². The topological polar surface area (TPSA) is 77.0 Å². The van der Waals surface area contributed by atoms with Crippen molar-refractivity contribution in [3.8, 4) is 11.6 Å². The van der Waals surface area contributed by atoms with Gasteiger partial charge in [-0.3, -0.25) is 4.99 Å². The molecule has 0 fully saturated rings. The van der Waals surface area contributed by atoms with Gasteiger partial charge in [-0.25, -0.2) is 4.98 Å². The quantitative estimate of drug-likeness (QED) is 0.239. The molecule has 0 aliphatic heterocycles. The van der Waals surface area contributed by atoms with E-state index in [1.165, 1.54) is 5.56 Å². The van der Waals surface area contributed by atoms with E-state index in [1.54, 1.807) is 27.5 Å². The average Bonchev–Trinajstić information content (AvgIpc) is 2.70. The molecule has 7 nitrogen and oxygen atoms in total. The van der Waals surface area contributed by atoms with E-state index in [9.17, 15) is 0 Å². The number of aromatic nitrogens is 1. The van der Waals surface area contributed by atoms with E-state index in [0.29, 0.717) is 38.1 Å². The fourth-order valence-corrected chi connectivity index (χ4v) is 2.41. The summed E-state index contributed by atoms with van der Waals surface area (Å²) in [5.41, 5.74) is 3.27. The van der Waals surface area contributed by atoms with Crippen LogP contribution in [0, 0.1) is 6.92 Å². The number of guanidine groups is 1. The molecule has 0 atom stereocenters. The molecule has 28 heavy (non-hydrogen) atoms. The Labute approximate surface area is 183 Å². The molecule has 2 rings (SSSR count). The number of nitrogens with one attached hydrogen (secondary N) is 2. The molecule has 8 heteroatoms. The van der Waals surface area contributed by atoms with Crippen LogP contribution in [0.1, 0.15) is 16.7 Å². The first-order chi connectivity index (χ1) is 13.2. The molecule has 0 saturated carbocycles. The highest BCUT2D eigenvalue weighted by Gasteiger charge is 2.05. The first-order valence-electron chi connectivity index (χ1n) is 8.81. The molecular formula is C20H29IN4O3. The Morgan fingerprint density at radius 1 is 1.07 bits per heavy atom. The number of pyridine rings is 1. The zero-order valence-corrected chi connectivity index (χ0v) is 19.2. The number of nitrogens with zero attached hydrogens (tertiary/aromatic N) is 2. The third-order valence-electron chi connectivity index (χ3n) is 3.91. The van der Waals surface area contributed by atoms with Crippen LogP contribution in [0.3, 0.4) is 0 Å². The first kappa shape index (κ1) is 24.0. The zero-order chi connectivity index (χ0) is 19.5. The van der Waals surface area contributed by atoms with Crippen LogP contribution in [0.15, 0.2) is 41.5 Å². The predicted octanol–water partition coefficient (Wildman–Crippen LogP) is 2.91. The molecule has 0 saturated heterocycles. The van der Waals surface area contributed by atoms with Crippen LogP contribution in [0.5, 0.6) is 11.6 Å². The van der Waals surface area contributed by atoms with E-state index in [1.807, 2.05) is 25.1 Å². The Balaban J connectivity index is 0.00000392. The SMILES string of the molecule is CN=C(NCc1ccc(OCCOC)nc1)NCc1ccc(C)cc1OC.I. The van der Waals surface area contributed by atoms with E-state index in [4.69, 9.17) is 14.2 Å². The lowest BCUT2D eigenvalue weighted by atomic mass is 10.1. The molecule has 1 heterocycles. The van der Waals surface area contributed by atoms with Gasteiger partial charge >= 0.3 is 0 Å². The highest BCUT2D eigenvalue weighted by Crippen LogP contribution is 2.19. The maximum Gasteiger partial charge on any atom is 0.213 e. The number of rotatable bonds is 9. The highest BCUT2D eigenvalue weighted by molar-refractivity contribution is 14.0. The molecule has 0 bridgehead atoms. The van der Waals surface area contributed by atoms with Crippen molar-refractivity contribution in [2.24, 2.45) is 4.99 Å². The van der Waals surface area contributed by atoms with Crippen LogP contribution < -0.4 is 20.1 Å². The first-order valence-corrected chi connectivity index (χ1v) is 8.81. The largest absolute Gasteiger partial charge is 0.496 e. The van der Waals surface area contributed by atoms with Crippen molar-refractivity contribution < 1.29 is 14.2 Å². The van der Waals surface area contributed by atoms with E-state index >= 15 is 0 Å². The van der Waals surface area contributed by atoms with Gasteiger partial charge in [0.1, 0.15) is 12.4 Å². The van der Waals surface area contributed by atoms with Crippen LogP contribution in [-0.2, 0) is 17.8 Å². The molecular weight excluding hydrogens is 471 g/mol. The second kappa shape index (κ2) is 13.2. The van der Waals surface area contributed by atoms with E-state index in [2.05, 4.69) is 32.7 Å². The van der Waals surface area contributed by atoms with Crippen LogP contribution in [-0.4, -0.2) is 45.4 Å². The maximum atomic E-state index is 5.46. The summed E-state index contributed by atoms with van der Waals surface area (Å²) in [7, 11) is 5.06. The fraction of sp³-hybridized carbons (Fsp3) is 0.400. The zero-order valence-electron chi connectivity index (χ0n) is 16.8. The summed E-state index contributed by atoms with van der Waals surface area (Å²) in [6.45, 7) is 4.30. The summed E-state index contributed by atoms with van der Waals surface area (Å²) in [6, 6.07) is 9.96. The van der Waals surface area contributed by atoms with Gasteiger partial charge in [0.25, 0.3) is 0 Å². The summed E-state index contributed by atoms with van der Waals surface area (Å²) in [5.74, 6) is 2.16. The average molecular weight is 500 g/mol. The van der Waals surface area contributed by atoms with Crippen LogP contribution in [0.25, 0.3) is 0 Å². The smallest absolute Gasteiger partial charge is 0.213 e. The molecule has 0 radical (unpaired) electrons. The number of aliphatic imine (C=N–C) groups is 1. The number of aryl methyl sites for hydroxylation is 1. The third kappa shape index (κ3) is 7.89. The molecule has 2 N–H and O–H groups in total. The summed E-state index contributed by atoms with van der Waals surface area (Å²) in [4.78, 5) is 8.54. The number of benzene rings is 1. The fourth-order valence-electron chi connectivity index (χ4n) is 2.41. The second-order valence-corrected chi connectivity index (χ2v) is 5.94. The molecule has 0 amide bonds. The maximum absolute atomic E-state index is 5.46. The third-order valence-corrected chi connectivity index (χ3v) is 3.91. The molecule has 0 aliphatic carbocycles. The Hall–Kier alpha value is -2.07. The minimum atomic E-state index is 0. The van der Waals surface area contributed by atoms with Gasteiger partial charge in [-0.2, -0.15) is 0 Å². The molecule has 1 aromatic carbocycles. The van der Waals surface area contributed by atoms with Gasteiger partial charge in [0.2, 0.25) is 5.88 Å². The summed E-state index contributed by atoms with van der Waals surface area (Å²) < 4.78 is 15.8. The van der Waals surface area contributed by atoms with Crippen LogP contribution >= 0.6 is 24.0 Å². The number of hydrogen-bond acceptors (Lipinski definition) is 5. The van der Waals surface area contributed by atoms with Gasteiger partial charge in [0.15, 0.2) is 5.96 Å². The standard InChI is InChI=1S/C20H28N4O3.HI/c1-15-5-7-17(18(11-15)26-4)14-24-20(21-2)23-13-16-6-8-19(22-12-16)27-10-9-25-3;/h5-8,11-12H,9-10,13-14H2,1-4H3,(H2,21,23,24);1H. The summed E-state index contributed by atoms with van der Waals surface area (Å²) in [5, 5.41) is 6.57. The van der Waals surface area contributed by atoms with Crippen molar-refractivity contribution in [3.05, 3.63) is 53.2 Å². The molecule has 154 valence electrons. The Kier molecular flexibility index (Phi) is 11.3. The van der Waals surface area contributed by atoms with E-state index in [-0.39, 0.29) is 24.0 Å². The second-order valence-electron chi connectivity index (χ2n) is 5.94. The van der Waals surface area contributed by atoms with E-state index in [0.717, 1.165) is 16.9 Å². The lowest BCUT2D eigenvalue weighted by Gasteiger charge is -2.14. The van der Waals surface area contributed by atoms with Gasteiger partial charge in [0.05, 0.1) is 13.7 Å². The molecule has 2 aromatic rings. The van der Waals surface area contributed by atoms with Crippen molar-refractivity contribution in [3.63, 3.8) is 0 Å². The minimum Gasteiger partial charge on any atom is -0.496 e. The highest BCUT2D eigenvalue weighted by atomic mass is 127.